The van der Waals surface area contributed by atoms with Crippen LogP contribution in [0.2, 0.25) is 0 Å². The van der Waals surface area contributed by atoms with Crippen LogP contribution >= 0.6 is 0 Å². The maximum absolute atomic E-state index is 11.0. The lowest BCUT2D eigenvalue weighted by molar-refractivity contribution is -0.121. The van der Waals surface area contributed by atoms with E-state index in [2.05, 4.69) is 31.1 Å². The zero-order chi connectivity index (χ0) is 12.6. The van der Waals surface area contributed by atoms with Gasteiger partial charge in [0.2, 0.25) is 5.91 Å². The fraction of sp³-hybridized carbons (Fsp3) is 0.909. The topological polar surface area (TPSA) is 67.6 Å². The standard InChI is InChI=1S/C11H25N3O2/c1-9(2)14(7-8-16-4)10(3)5-6-11(15)13-12/h9-10H,5-8,12H2,1-4H3,(H,13,15). The normalized spacial score (nSPS) is 13.2. The van der Waals surface area contributed by atoms with Gasteiger partial charge in [0.15, 0.2) is 0 Å². The molecule has 0 rings (SSSR count). The third-order valence-electron chi connectivity index (χ3n) is 2.73. The summed E-state index contributed by atoms with van der Waals surface area (Å²) in [6, 6.07) is 0.804. The third kappa shape index (κ3) is 6.05. The molecule has 5 nitrogen and oxygen atoms in total. The van der Waals surface area contributed by atoms with Crippen LogP contribution in [0, 0.1) is 0 Å². The van der Waals surface area contributed by atoms with E-state index in [4.69, 9.17) is 10.6 Å². The van der Waals surface area contributed by atoms with E-state index in [0.29, 0.717) is 25.1 Å². The summed E-state index contributed by atoms with van der Waals surface area (Å²) in [5.41, 5.74) is 2.15. The summed E-state index contributed by atoms with van der Waals surface area (Å²) in [7, 11) is 1.70. The number of hydrazine groups is 1. The molecule has 1 unspecified atom stereocenters. The summed E-state index contributed by atoms with van der Waals surface area (Å²) in [6.45, 7) is 8.02. The van der Waals surface area contributed by atoms with E-state index in [1.807, 2.05) is 0 Å². The SMILES string of the molecule is COCCN(C(C)C)C(C)CCC(=O)NN. The van der Waals surface area contributed by atoms with Gasteiger partial charge in [0.1, 0.15) is 0 Å². The summed E-state index contributed by atoms with van der Waals surface area (Å²) < 4.78 is 5.08. The lowest BCUT2D eigenvalue weighted by atomic mass is 10.1. The number of nitrogens with one attached hydrogen (secondary N) is 1. The zero-order valence-corrected chi connectivity index (χ0v) is 10.8. The molecular weight excluding hydrogens is 206 g/mol. The number of hydrogen-bond donors (Lipinski definition) is 2. The number of nitrogens with zero attached hydrogens (tertiary/aromatic N) is 1. The molecule has 0 heterocycles. The highest BCUT2D eigenvalue weighted by Crippen LogP contribution is 2.10. The van der Waals surface area contributed by atoms with Gasteiger partial charge in [-0.15, -0.1) is 0 Å². The van der Waals surface area contributed by atoms with Gasteiger partial charge < -0.3 is 4.74 Å². The molecule has 0 aromatic heterocycles. The van der Waals surface area contributed by atoms with Crippen LogP contribution in [0.4, 0.5) is 0 Å². The Morgan fingerprint density at radius 2 is 2.06 bits per heavy atom. The lowest BCUT2D eigenvalue weighted by Gasteiger charge is -2.32. The van der Waals surface area contributed by atoms with E-state index in [9.17, 15) is 4.79 Å². The first kappa shape index (κ1) is 15.3. The number of ether oxygens (including phenoxy) is 1. The second-order valence-electron chi connectivity index (χ2n) is 4.28. The molecule has 0 saturated carbocycles. The fourth-order valence-electron chi connectivity index (χ4n) is 1.76. The van der Waals surface area contributed by atoms with E-state index in [-0.39, 0.29) is 5.91 Å². The molecule has 16 heavy (non-hydrogen) atoms. The molecule has 0 radical (unpaired) electrons. The molecular formula is C11H25N3O2. The molecule has 0 fully saturated rings. The van der Waals surface area contributed by atoms with Crippen LogP contribution in [-0.4, -0.2) is 43.2 Å². The van der Waals surface area contributed by atoms with Gasteiger partial charge in [-0.25, -0.2) is 5.84 Å². The molecule has 1 amide bonds. The van der Waals surface area contributed by atoms with Crippen LogP contribution < -0.4 is 11.3 Å². The largest absolute Gasteiger partial charge is 0.383 e. The number of rotatable bonds is 8. The zero-order valence-electron chi connectivity index (χ0n) is 10.8. The van der Waals surface area contributed by atoms with Crippen LogP contribution in [0.5, 0.6) is 0 Å². The van der Waals surface area contributed by atoms with Crippen molar-refractivity contribution < 1.29 is 9.53 Å². The highest BCUT2D eigenvalue weighted by atomic mass is 16.5. The quantitative estimate of drug-likeness (QED) is 0.363. The van der Waals surface area contributed by atoms with Gasteiger partial charge in [0.25, 0.3) is 0 Å². The Hall–Kier alpha value is -0.650. The van der Waals surface area contributed by atoms with Crippen molar-refractivity contribution in [2.45, 2.75) is 45.7 Å². The van der Waals surface area contributed by atoms with Crippen LogP contribution in [0.3, 0.4) is 0 Å². The summed E-state index contributed by atoms with van der Waals surface area (Å²) in [6.07, 6.45) is 1.28. The fourth-order valence-corrected chi connectivity index (χ4v) is 1.76. The third-order valence-corrected chi connectivity index (χ3v) is 2.73. The van der Waals surface area contributed by atoms with E-state index in [1.165, 1.54) is 0 Å². The number of carbonyl (C=O) groups is 1. The molecule has 0 aliphatic rings. The summed E-state index contributed by atoms with van der Waals surface area (Å²) in [5.74, 6) is 4.93. The minimum absolute atomic E-state index is 0.109. The van der Waals surface area contributed by atoms with E-state index in [1.54, 1.807) is 7.11 Å². The van der Waals surface area contributed by atoms with Crippen molar-refractivity contribution in [3.05, 3.63) is 0 Å². The van der Waals surface area contributed by atoms with Gasteiger partial charge in [-0.2, -0.15) is 0 Å². The smallest absolute Gasteiger partial charge is 0.233 e. The molecule has 0 saturated heterocycles. The summed E-state index contributed by atoms with van der Waals surface area (Å²) >= 11 is 0. The Labute approximate surface area is 98.3 Å². The van der Waals surface area contributed by atoms with E-state index < -0.39 is 0 Å². The predicted molar refractivity (Wildman–Crippen MR) is 64.7 cm³/mol. The number of hydrogen-bond acceptors (Lipinski definition) is 4. The summed E-state index contributed by atoms with van der Waals surface area (Å²) in [5, 5.41) is 0. The molecule has 0 spiro atoms. The van der Waals surface area contributed by atoms with Gasteiger partial charge in [0.05, 0.1) is 6.61 Å². The van der Waals surface area contributed by atoms with Gasteiger partial charge in [-0.1, -0.05) is 0 Å². The average molecular weight is 231 g/mol. The minimum atomic E-state index is -0.109. The number of carbonyl (C=O) groups excluding carboxylic acids is 1. The Morgan fingerprint density at radius 1 is 1.44 bits per heavy atom. The highest BCUT2D eigenvalue weighted by molar-refractivity contribution is 5.75. The first-order valence-electron chi connectivity index (χ1n) is 5.77. The molecule has 0 aliphatic carbocycles. The summed E-state index contributed by atoms with van der Waals surface area (Å²) in [4.78, 5) is 13.4. The number of amides is 1. The van der Waals surface area contributed by atoms with Gasteiger partial charge in [-0.05, 0) is 27.2 Å². The predicted octanol–water partition coefficient (Wildman–Crippen LogP) is 0.502. The van der Waals surface area contributed by atoms with Crippen molar-refractivity contribution in [2.75, 3.05) is 20.3 Å². The van der Waals surface area contributed by atoms with Crippen LogP contribution in [-0.2, 0) is 9.53 Å². The molecule has 5 heteroatoms. The molecule has 0 bridgehead atoms. The maximum Gasteiger partial charge on any atom is 0.233 e. The Morgan fingerprint density at radius 3 is 2.50 bits per heavy atom. The highest BCUT2D eigenvalue weighted by Gasteiger charge is 2.17. The molecule has 1 atom stereocenters. The maximum atomic E-state index is 11.0. The van der Waals surface area contributed by atoms with Gasteiger partial charge in [-0.3, -0.25) is 15.1 Å². The second-order valence-corrected chi connectivity index (χ2v) is 4.28. The van der Waals surface area contributed by atoms with Gasteiger partial charge in [0, 0.05) is 32.2 Å². The molecule has 0 aromatic carbocycles. The second kappa shape index (κ2) is 8.50. The van der Waals surface area contributed by atoms with E-state index >= 15 is 0 Å². The molecule has 0 aliphatic heterocycles. The Bertz CT molecular complexity index is 198. The number of nitrogens with two attached hydrogens (primary N) is 1. The first-order valence-corrected chi connectivity index (χ1v) is 5.77. The van der Waals surface area contributed by atoms with Crippen molar-refractivity contribution >= 4 is 5.91 Å². The van der Waals surface area contributed by atoms with Gasteiger partial charge >= 0.3 is 0 Å². The van der Waals surface area contributed by atoms with Crippen molar-refractivity contribution in [3.8, 4) is 0 Å². The van der Waals surface area contributed by atoms with Crippen LogP contribution in [0.15, 0.2) is 0 Å². The van der Waals surface area contributed by atoms with Crippen LogP contribution in [0.25, 0.3) is 0 Å². The van der Waals surface area contributed by atoms with Crippen molar-refractivity contribution in [1.29, 1.82) is 0 Å². The molecule has 3 N–H and O–H groups in total. The average Bonchev–Trinajstić information content (AvgIpc) is 2.25. The molecule has 96 valence electrons. The van der Waals surface area contributed by atoms with Crippen molar-refractivity contribution in [1.82, 2.24) is 10.3 Å². The first-order chi connectivity index (χ1) is 7.52. The lowest BCUT2D eigenvalue weighted by Crippen LogP contribution is -2.41. The number of methoxy groups -OCH3 is 1. The Kier molecular flexibility index (Phi) is 8.15. The van der Waals surface area contributed by atoms with Crippen LogP contribution in [0.1, 0.15) is 33.6 Å². The Balaban J connectivity index is 4.05. The minimum Gasteiger partial charge on any atom is -0.383 e. The molecule has 0 aromatic rings. The monoisotopic (exact) mass is 231 g/mol. The van der Waals surface area contributed by atoms with Crippen molar-refractivity contribution in [3.63, 3.8) is 0 Å². The van der Waals surface area contributed by atoms with E-state index in [0.717, 1.165) is 13.0 Å². The van der Waals surface area contributed by atoms with Crippen molar-refractivity contribution in [2.24, 2.45) is 5.84 Å².